The van der Waals surface area contributed by atoms with E-state index >= 15 is 0 Å². The molecule has 1 aliphatic heterocycles. The molecule has 0 fully saturated rings. The van der Waals surface area contributed by atoms with Gasteiger partial charge in [-0.1, -0.05) is 29.5 Å². The zero-order valence-corrected chi connectivity index (χ0v) is 21.5. The van der Waals surface area contributed by atoms with Gasteiger partial charge < -0.3 is 18.8 Å². The van der Waals surface area contributed by atoms with Gasteiger partial charge in [0.05, 0.1) is 28.5 Å². The van der Waals surface area contributed by atoms with Gasteiger partial charge in [0.1, 0.15) is 17.6 Å². The Hall–Kier alpha value is -3.59. The number of rotatable bonds is 7. The Kier molecular flexibility index (Phi) is 6.98. The number of esters is 1. The number of fused-ring (bicyclic) bond motifs is 1. The molecule has 0 saturated heterocycles. The molecule has 0 amide bonds. The predicted octanol–water partition coefficient (Wildman–Crippen LogP) is 3.24. The molecule has 0 N–H and O–H groups in total. The van der Waals surface area contributed by atoms with E-state index in [2.05, 4.69) is 4.99 Å². The zero-order chi connectivity index (χ0) is 25.3. The maximum absolute atomic E-state index is 13.7. The molecule has 3 heterocycles. The Morgan fingerprint density at radius 3 is 2.66 bits per heavy atom. The van der Waals surface area contributed by atoms with Crippen LogP contribution >= 0.6 is 11.3 Å². The quantitative estimate of drug-likeness (QED) is 0.468. The first kappa shape index (κ1) is 24.5. The number of furan rings is 1. The van der Waals surface area contributed by atoms with Crippen molar-refractivity contribution < 1.29 is 18.7 Å². The second kappa shape index (κ2) is 9.95. The van der Waals surface area contributed by atoms with Gasteiger partial charge in [-0.3, -0.25) is 9.36 Å². The van der Waals surface area contributed by atoms with Crippen molar-refractivity contribution >= 4 is 29.3 Å². The molecule has 3 aromatic rings. The number of hydrogen-bond donors (Lipinski definition) is 0. The predicted molar refractivity (Wildman–Crippen MR) is 136 cm³/mol. The van der Waals surface area contributed by atoms with E-state index in [9.17, 15) is 9.59 Å². The van der Waals surface area contributed by atoms with Crippen LogP contribution in [0.25, 0.3) is 6.08 Å². The first-order valence-electron chi connectivity index (χ1n) is 11.4. The number of anilines is 1. The molecule has 0 radical (unpaired) electrons. The van der Waals surface area contributed by atoms with Gasteiger partial charge in [-0.05, 0) is 39.8 Å². The first-order chi connectivity index (χ1) is 16.7. The lowest BCUT2D eigenvalue weighted by atomic mass is 9.95. The van der Waals surface area contributed by atoms with Crippen molar-refractivity contribution in [3.63, 3.8) is 0 Å². The van der Waals surface area contributed by atoms with Gasteiger partial charge in [-0.15, -0.1) is 0 Å². The second-order valence-corrected chi connectivity index (χ2v) is 9.59. The lowest BCUT2D eigenvalue weighted by molar-refractivity contribution is -0.139. The summed E-state index contributed by atoms with van der Waals surface area (Å²) in [5.74, 6) is 1.33. The topological polar surface area (TPSA) is 86.3 Å². The largest absolute Gasteiger partial charge is 0.491 e. The standard InChI is InChI=1S/C26H29N3O5S/c1-7-32-25(31)22-16(4)27-26-29(23(22)18-10-8-9-11-19(18)33-15(2)3)24(30)20(35-26)14-17-12-13-21(34-17)28(5)6/h8-15,23H,7H2,1-6H3/b20-14+/t23-/m0/s1. The normalized spacial score (nSPS) is 15.7. The molecule has 9 heteroatoms. The average Bonchev–Trinajstić information content (AvgIpc) is 3.38. The number of benzene rings is 1. The van der Waals surface area contributed by atoms with Gasteiger partial charge >= 0.3 is 5.97 Å². The number of carbonyl (C=O) groups is 1. The summed E-state index contributed by atoms with van der Waals surface area (Å²) in [6.07, 6.45) is 1.61. The number of aromatic nitrogens is 1. The number of hydrogen-bond acceptors (Lipinski definition) is 8. The van der Waals surface area contributed by atoms with Crippen molar-refractivity contribution in [2.24, 2.45) is 4.99 Å². The summed E-state index contributed by atoms with van der Waals surface area (Å²) >= 11 is 1.25. The summed E-state index contributed by atoms with van der Waals surface area (Å²) in [7, 11) is 3.76. The van der Waals surface area contributed by atoms with Crippen LogP contribution in [0, 0.1) is 0 Å². The summed E-state index contributed by atoms with van der Waals surface area (Å²) in [5.41, 5.74) is 1.25. The summed E-state index contributed by atoms with van der Waals surface area (Å²) in [4.78, 5) is 33.8. The number of allylic oxidation sites excluding steroid dienone is 1. The molecule has 4 rings (SSSR count). The van der Waals surface area contributed by atoms with Gasteiger partial charge in [-0.2, -0.15) is 0 Å². The molecule has 35 heavy (non-hydrogen) atoms. The van der Waals surface area contributed by atoms with E-state index in [1.54, 1.807) is 24.5 Å². The van der Waals surface area contributed by atoms with Crippen molar-refractivity contribution in [2.75, 3.05) is 25.6 Å². The monoisotopic (exact) mass is 495 g/mol. The third kappa shape index (κ3) is 4.81. The van der Waals surface area contributed by atoms with Crippen molar-refractivity contribution in [1.82, 2.24) is 4.57 Å². The minimum Gasteiger partial charge on any atom is -0.491 e. The fourth-order valence-electron chi connectivity index (χ4n) is 3.94. The number of para-hydroxylation sites is 1. The molecule has 1 aliphatic rings. The molecule has 1 aromatic carbocycles. The summed E-state index contributed by atoms with van der Waals surface area (Å²) in [6.45, 7) is 7.59. The van der Waals surface area contributed by atoms with Crippen molar-refractivity contribution in [1.29, 1.82) is 0 Å². The van der Waals surface area contributed by atoms with Crippen molar-refractivity contribution in [2.45, 2.75) is 39.8 Å². The molecule has 8 nitrogen and oxygen atoms in total. The molecule has 0 unspecified atom stereocenters. The van der Waals surface area contributed by atoms with E-state index in [0.717, 1.165) is 0 Å². The molecule has 0 aliphatic carbocycles. The van der Waals surface area contributed by atoms with Gasteiger partial charge in [0.25, 0.3) is 5.56 Å². The SMILES string of the molecule is CCOC(=O)C1=C(C)N=c2s/c(=C/c3ccc(N(C)C)o3)c(=O)n2[C@H]1c1ccccc1OC(C)C. The van der Waals surface area contributed by atoms with Crippen molar-refractivity contribution in [3.8, 4) is 5.75 Å². The minimum atomic E-state index is -0.740. The molecule has 184 valence electrons. The van der Waals surface area contributed by atoms with Gasteiger partial charge in [-0.25, -0.2) is 9.79 Å². The first-order valence-corrected chi connectivity index (χ1v) is 12.2. The zero-order valence-electron chi connectivity index (χ0n) is 20.7. The molecule has 1 atom stereocenters. The Labute approximate surface area is 207 Å². The molecule has 0 bridgehead atoms. The number of thiazole rings is 1. The van der Waals surface area contributed by atoms with Crippen LogP contribution in [0.3, 0.4) is 0 Å². The van der Waals surface area contributed by atoms with Gasteiger partial charge in [0.2, 0.25) is 0 Å². The van der Waals surface area contributed by atoms with Crippen LogP contribution in [-0.4, -0.2) is 37.3 Å². The lowest BCUT2D eigenvalue weighted by Gasteiger charge is -2.26. The van der Waals surface area contributed by atoms with Crippen molar-refractivity contribution in [3.05, 3.63) is 78.7 Å². The highest BCUT2D eigenvalue weighted by Crippen LogP contribution is 2.36. The van der Waals surface area contributed by atoms with Crippen LogP contribution in [0.15, 0.2) is 61.9 Å². The van der Waals surface area contributed by atoms with Crippen LogP contribution in [0.5, 0.6) is 5.75 Å². The molecule has 0 spiro atoms. The smallest absolute Gasteiger partial charge is 0.338 e. The van der Waals surface area contributed by atoms with Crippen LogP contribution in [0.4, 0.5) is 5.88 Å². The van der Waals surface area contributed by atoms with Crippen LogP contribution < -0.4 is 24.5 Å². The van der Waals surface area contributed by atoms with Crippen LogP contribution in [-0.2, 0) is 9.53 Å². The third-order valence-corrected chi connectivity index (χ3v) is 6.40. The van der Waals surface area contributed by atoms with Crippen LogP contribution in [0.2, 0.25) is 0 Å². The molecular weight excluding hydrogens is 466 g/mol. The highest BCUT2D eigenvalue weighted by atomic mass is 32.1. The fourth-order valence-corrected chi connectivity index (χ4v) is 4.97. The molecule has 2 aromatic heterocycles. The second-order valence-electron chi connectivity index (χ2n) is 8.58. The van der Waals surface area contributed by atoms with E-state index in [4.69, 9.17) is 13.9 Å². The minimum absolute atomic E-state index is 0.0899. The van der Waals surface area contributed by atoms with E-state index in [1.807, 2.05) is 69.2 Å². The number of nitrogens with zero attached hydrogens (tertiary/aromatic N) is 3. The summed E-state index contributed by atoms with van der Waals surface area (Å²) in [5, 5.41) is 0. The van der Waals surface area contributed by atoms with Gasteiger partial charge in [0.15, 0.2) is 10.7 Å². The number of carbonyl (C=O) groups excluding carboxylic acids is 1. The Morgan fingerprint density at radius 1 is 1.26 bits per heavy atom. The van der Waals surface area contributed by atoms with Gasteiger partial charge in [0, 0.05) is 31.8 Å². The van der Waals surface area contributed by atoms with Crippen LogP contribution in [0.1, 0.15) is 45.1 Å². The Bertz CT molecular complexity index is 1460. The van der Waals surface area contributed by atoms with E-state index < -0.39 is 12.0 Å². The average molecular weight is 496 g/mol. The number of ether oxygens (including phenoxy) is 2. The molecular formula is C26H29N3O5S. The lowest BCUT2D eigenvalue weighted by Crippen LogP contribution is -2.40. The molecule has 0 saturated carbocycles. The van der Waals surface area contributed by atoms with E-state index in [1.165, 1.54) is 11.3 Å². The fraction of sp³-hybridized carbons (Fsp3) is 0.346. The maximum Gasteiger partial charge on any atom is 0.338 e. The third-order valence-electron chi connectivity index (χ3n) is 5.42. The highest BCUT2D eigenvalue weighted by Gasteiger charge is 2.35. The van der Waals surface area contributed by atoms with E-state index in [-0.39, 0.29) is 18.3 Å². The summed E-state index contributed by atoms with van der Waals surface area (Å²) in [6, 6.07) is 10.4. The Morgan fingerprint density at radius 2 is 2.00 bits per heavy atom. The maximum atomic E-state index is 13.7. The highest BCUT2D eigenvalue weighted by molar-refractivity contribution is 7.07. The van der Waals surface area contributed by atoms with E-state index in [0.29, 0.717) is 43.6 Å². The summed E-state index contributed by atoms with van der Waals surface area (Å²) < 4.78 is 19.2. The Balaban J connectivity index is 1.95.